The van der Waals surface area contributed by atoms with Crippen LogP contribution in [0.2, 0.25) is 0 Å². The zero-order valence-corrected chi connectivity index (χ0v) is 18.4. The summed E-state index contributed by atoms with van der Waals surface area (Å²) in [6.07, 6.45) is 13.3. The lowest BCUT2D eigenvalue weighted by atomic mass is 9.97. The lowest BCUT2D eigenvalue weighted by Crippen LogP contribution is -2.51. The van der Waals surface area contributed by atoms with E-state index in [0.717, 1.165) is 42.8 Å². The number of rotatable bonds is 4. The number of piperidine rings is 2. The third-order valence-corrected chi connectivity index (χ3v) is 6.20. The molecule has 3 aliphatic rings. The fraction of sp³-hybridized carbons (Fsp3) is 0.360. The monoisotopic (exact) mass is 430 g/mol. The largest absolute Gasteiger partial charge is 0.404 e. The number of benzene rings is 1. The zero-order chi connectivity index (χ0) is 22.5. The summed E-state index contributed by atoms with van der Waals surface area (Å²) in [5.41, 5.74) is 10.6. The Morgan fingerprint density at radius 3 is 2.88 bits per heavy atom. The minimum atomic E-state index is -0.179. The number of carbonyl (C=O) groups excluding carboxylic acids is 1. The third-order valence-electron chi connectivity index (χ3n) is 6.20. The van der Waals surface area contributed by atoms with Crippen LogP contribution in [-0.2, 0) is 4.79 Å². The number of hydrogen-bond donors (Lipinski definition) is 3. The summed E-state index contributed by atoms with van der Waals surface area (Å²) in [5, 5.41) is 11.3. The van der Waals surface area contributed by atoms with Crippen LogP contribution in [0.1, 0.15) is 36.8 Å². The average molecular weight is 431 g/mol. The number of allylic oxidation sites excluding steroid dienone is 2. The molecule has 2 saturated heterocycles. The van der Waals surface area contributed by atoms with Crippen LogP contribution in [0.3, 0.4) is 0 Å². The fourth-order valence-electron chi connectivity index (χ4n) is 4.39. The molecular weight excluding hydrogens is 400 g/mol. The van der Waals surface area contributed by atoms with Crippen molar-refractivity contribution in [1.29, 1.82) is 5.41 Å². The SMILES string of the molecule is Cc1ccc2c(c1)C=CC(\C(C=N)=C/N=C1\C(=C/N)CCC(=O)N1C1CCNCC1)C=N2. The van der Waals surface area contributed by atoms with E-state index in [9.17, 15) is 4.79 Å². The first-order valence-corrected chi connectivity index (χ1v) is 11.2. The molecule has 1 aromatic carbocycles. The van der Waals surface area contributed by atoms with E-state index < -0.39 is 0 Å². The van der Waals surface area contributed by atoms with Gasteiger partial charge < -0.3 is 16.5 Å². The van der Waals surface area contributed by atoms with Gasteiger partial charge in [-0.25, -0.2) is 4.99 Å². The van der Waals surface area contributed by atoms with Gasteiger partial charge in [0.1, 0.15) is 5.84 Å². The van der Waals surface area contributed by atoms with Gasteiger partial charge in [0.15, 0.2) is 0 Å². The van der Waals surface area contributed by atoms with Crippen LogP contribution in [0.4, 0.5) is 5.69 Å². The summed E-state index contributed by atoms with van der Waals surface area (Å²) >= 11 is 0. The van der Waals surface area contributed by atoms with Gasteiger partial charge in [0.2, 0.25) is 5.91 Å². The molecule has 32 heavy (non-hydrogen) atoms. The molecule has 1 atom stereocenters. The molecule has 7 nitrogen and oxygen atoms in total. The van der Waals surface area contributed by atoms with Crippen molar-refractivity contribution in [2.24, 2.45) is 21.6 Å². The second-order valence-electron chi connectivity index (χ2n) is 8.39. The number of amidine groups is 1. The van der Waals surface area contributed by atoms with E-state index in [4.69, 9.17) is 16.1 Å². The second-order valence-corrected chi connectivity index (χ2v) is 8.39. The highest BCUT2D eigenvalue weighted by Crippen LogP contribution is 2.28. The van der Waals surface area contributed by atoms with Crippen molar-refractivity contribution in [3.05, 3.63) is 58.9 Å². The maximum Gasteiger partial charge on any atom is 0.228 e. The molecule has 0 aliphatic carbocycles. The quantitative estimate of drug-likeness (QED) is 0.637. The number of hydrogen-bond acceptors (Lipinski definition) is 6. The molecule has 166 valence electrons. The van der Waals surface area contributed by atoms with Gasteiger partial charge in [-0.1, -0.05) is 23.8 Å². The molecule has 4 rings (SSSR count). The minimum Gasteiger partial charge on any atom is -0.404 e. The predicted molar refractivity (Wildman–Crippen MR) is 130 cm³/mol. The number of aliphatic imine (C=N–C) groups is 2. The van der Waals surface area contributed by atoms with E-state index in [1.54, 1.807) is 12.4 Å². The van der Waals surface area contributed by atoms with Crippen molar-refractivity contribution in [3.8, 4) is 0 Å². The molecule has 1 unspecified atom stereocenters. The summed E-state index contributed by atoms with van der Waals surface area (Å²) in [6, 6.07) is 6.26. The molecule has 0 bridgehead atoms. The molecule has 4 N–H and O–H groups in total. The number of amides is 1. The summed E-state index contributed by atoms with van der Waals surface area (Å²) in [4.78, 5) is 24.0. The molecule has 0 radical (unpaired) electrons. The van der Waals surface area contributed by atoms with Crippen LogP contribution in [0.5, 0.6) is 0 Å². The van der Waals surface area contributed by atoms with Crippen molar-refractivity contribution >= 4 is 35.9 Å². The highest BCUT2D eigenvalue weighted by atomic mass is 16.2. The summed E-state index contributed by atoms with van der Waals surface area (Å²) < 4.78 is 0. The normalized spacial score (nSPS) is 24.7. The topological polar surface area (TPSA) is 107 Å². The molecular formula is C25H30N6O. The molecule has 0 aromatic heterocycles. The number of fused-ring (bicyclic) bond motifs is 1. The number of nitrogens with one attached hydrogen (secondary N) is 2. The molecule has 1 aromatic rings. The van der Waals surface area contributed by atoms with Crippen LogP contribution in [-0.4, -0.2) is 48.2 Å². The Hall–Kier alpha value is -3.32. The van der Waals surface area contributed by atoms with Crippen LogP contribution < -0.4 is 11.1 Å². The van der Waals surface area contributed by atoms with E-state index >= 15 is 0 Å². The highest BCUT2D eigenvalue weighted by Gasteiger charge is 2.34. The predicted octanol–water partition coefficient (Wildman–Crippen LogP) is 3.49. The lowest BCUT2D eigenvalue weighted by molar-refractivity contribution is -0.129. The zero-order valence-electron chi connectivity index (χ0n) is 18.4. The molecule has 0 saturated carbocycles. The van der Waals surface area contributed by atoms with Gasteiger partial charge in [0.05, 0.1) is 5.69 Å². The van der Waals surface area contributed by atoms with Crippen molar-refractivity contribution in [2.75, 3.05) is 13.1 Å². The Labute approximate surface area is 189 Å². The lowest BCUT2D eigenvalue weighted by Gasteiger charge is -2.38. The van der Waals surface area contributed by atoms with Gasteiger partial charge in [0.25, 0.3) is 0 Å². The Bertz CT molecular complexity index is 1040. The standard InChI is InChI=1S/C25H30N6O/c1-17-2-6-23-18(12-17)3-4-20(15-29-23)21(14-27)16-30-25-19(13-26)5-7-24(32)31(25)22-8-10-28-11-9-22/h2-4,6,12-16,20,22,27-28H,5,7-11,26H2,1H3/b19-13-,21-16-,27-14?,30-25+. The van der Waals surface area contributed by atoms with E-state index in [1.807, 2.05) is 35.4 Å². The fourth-order valence-corrected chi connectivity index (χ4v) is 4.39. The van der Waals surface area contributed by atoms with Crippen LogP contribution in [0.15, 0.2) is 57.8 Å². The summed E-state index contributed by atoms with van der Waals surface area (Å²) in [7, 11) is 0. The first-order valence-electron chi connectivity index (χ1n) is 11.2. The second kappa shape index (κ2) is 9.87. The Kier molecular flexibility index (Phi) is 6.75. The smallest absolute Gasteiger partial charge is 0.228 e. The van der Waals surface area contributed by atoms with Crippen molar-refractivity contribution in [2.45, 2.75) is 38.6 Å². The number of nitrogens with zero attached hydrogens (tertiary/aromatic N) is 3. The van der Waals surface area contributed by atoms with E-state index in [2.05, 4.69) is 23.3 Å². The van der Waals surface area contributed by atoms with Crippen molar-refractivity contribution < 1.29 is 4.79 Å². The number of likely N-dealkylation sites (tertiary alicyclic amines) is 1. The Morgan fingerprint density at radius 1 is 1.31 bits per heavy atom. The van der Waals surface area contributed by atoms with Crippen molar-refractivity contribution in [3.63, 3.8) is 0 Å². The number of nitrogens with two attached hydrogens (primary N) is 1. The van der Waals surface area contributed by atoms with Gasteiger partial charge in [-0.05, 0) is 51.4 Å². The maximum atomic E-state index is 12.8. The van der Waals surface area contributed by atoms with Crippen LogP contribution >= 0.6 is 0 Å². The third kappa shape index (κ3) is 4.62. The van der Waals surface area contributed by atoms with Gasteiger partial charge in [0, 0.05) is 59.9 Å². The van der Waals surface area contributed by atoms with Gasteiger partial charge >= 0.3 is 0 Å². The molecule has 0 spiro atoms. The molecule has 2 fully saturated rings. The maximum absolute atomic E-state index is 12.8. The average Bonchev–Trinajstić information content (AvgIpc) is 3.02. The van der Waals surface area contributed by atoms with Gasteiger partial charge in [-0.15, -0.1) is 0 Å². The first-order chi connectivity index (χ1) is 15.6. The Balaban J connectivity index is 1.66. The molecule has 3 heterocycles. The Morgan fingerprint density at radius 2 is 2.12 bits per heavy atom. The summed E-state index contributed by atoms with van der Waals surface area (Å²) in [6.45, 7) is 3.82. The first kappa shape index (κ1) is 21.9. The van der Waals surface area contributed by atoms with E-state index in [0.29, 0.717) is 24.3 Å². The van der Waals surface area contributed by atoms with Gasteiger partial charge in [-0.3, -0.25) is 14.7 Å². The van der Waals surface area contributed by atoms with E-state index in [-0.39, 0.29) is 17.9 Å². The number of aryl methyl sites for hydroxylation is 1. The summed E-state index contributed by atoms with van der Waals surface area (Å²) in [5.74, 6) is 0.526. The highest BCUT2D eigenvalue weighted by molar-refractivity contribution is 6.11. The minimum absolute atomic E-state index is 0.0906. The van der Waals surface area contributed by atoms with E-state index in [1.165, 1.54) is 11.8 Å². The van der Waals surface area contributed by atoms with Crippen LogP contribution in [0.25, 0.3) is 6.08 Å². The van der Waals surface area contributed by atoms with Crippen molar-refractivity contribution in [1.82, 2.24) is 10.2 Å². The van der Waals surface area contributed by atoms with Crippen LogP contribution in [0, 0.1) is 18.3 Å². The van der Waals surface area contributed by atoms with Gasteiger partial charge in [-0.2, -0.15) is 0 Å². The molecule has 7 heteroatoms. The number of carbonyl (C=O) groups is 1. The molecule has 3 aliphatic heterocycles. The molecule has 1 amide bonds.